The van der Waals surface area contributed by atoms with Crippen molar-refractivity contribution in [1.82, 2.24) is 0 Å². The highest BCUT2D eigenvalue weighted by atomic mass is 127. The quantitative estimate of drug-likeness (QED) is 0.740. The van der Waals surface area contributed by atoms with Crippen LogP contribution < -0.4 is 0 Å². The van der Waals surface area contributed by atoms with E-state index in [0.717, 1.165) is 5.56 Å². The molecule has 13 heavy (non-hydrogen) atoms. The maximum absolute atomic E-state index is 5.56. The summed E-state index contributed by atoms with van der Waals surface area (Å²) >= 11 is 2.29. The molecule has 1 aliphatic rings. The smallest absolute Gasteiger partial charge is 0.192 e. The number of halogens is 1. The van der Waals surface area contributed by atoms with E-state index in [-0.39, 0.29) is 0 Å². The van der Waals surface area contributed by atoms with E-state index in [4.69, 9.17) is 9.47 Å². The Morgan fingerprint density at radius 1 is 1.31 bits per heavy atom. The van der Waals surface area contributed by atoms with Gasteiger partial charge in [-0.1, -0.05) is 12.1 Å². The highest BCUT2D eigenvalue weighted by Gasteiger charge is 2.32. The summed E-state index contributed by atoms with van der Waals surface area (Å²) in [6.45, 7) is 3.33. The highest BCUT2D eigenvalue weighted by molar-refractivity contribution is 14.1. The molecule has 1 heterocycles. The Kier molecular flexibility index (Phi) is 2.58. The molecule has 70 valence electrons. The van der Waals surface area contributed by atoms with Crippen molar-refractivity contribution in [2.45, 2.75) is 12.7 Å². The standard InChI is InChI=1S/C10H11IO2/c1-10(12-5-6-13-10)8-3-2-4-9(11)7-8/h2-4,7H,5-6H2,1H3. The number of hydrogen-bond donors (Lipinski definition) is 0. The minimum absolute atomic E-state index is 0.527. The SMILES string of the molecule is CC1(c2cccc(I)c2)OCCO1. The number of hydrogen-bond acceptors (Lipinski definition) is 2. The second-order valence-electron chi connectivity index (χ2n) is 3.15. The lowest BCUT2D eigenvalue weighted by atomic mass is 10.1. The van der Waals surface area contributed by atoms with Crippen LogP contribution in [0.1, 0.15) is 12.5 Å². The van der Waals surface area contributed by atoms with Gasteiger partial charge in [-0.2, -0.15) is 0 Å². The second kappa shape index (κ2) is 3.55. The monoisotopic (exact) mass is 290 g/mol. The number of benzene rings is 1. The van der Waals surface area contributed by atoms with Gasteiger partial charge in [-0.25, -0.2) is 0 Å². The first-order valence-electron chi connectivity index (χ1n) is 4.25. The minimum Gasteiger partial charge on any atom is -0.344 e. The first kappa shape index (κ1) is 9.43. The molecule has 0 radical (unpaired) electrons. The van der Waals surface area contributed by atoms with Gasteiger partial charge in [0.15, 0.2) is 5.79 Å². The van der Waals surface area contributed by atoms with E-state index in [1.807, 2.05) is 19.1 Å². The third-order valence-electron chi connectivity index (χ3n) is 2.19. The number of ether oxygens (including phenoxy) is 2. The molecule has 0 atom stereocenters. The lowest BCUT2D eigenvalue weighted by molar-refractivity contribution is -0.149. The molecule has 0 spiro atoms. The predicted octanol–water partition coefficient (Wildman–Crippen LogP) is 2.51. The summed E-state index contributed by atoms with van der Waals surface area (Å²) in [6.07, 6.45) is 0. The van der Waals surface area contributed by atoms with Gasteiger partial charge in [0, 0.05) is 9.13 Å². The Labute approximate surface area is 91.4 Å². The summed E-state index contributed by atoms with van der Waals surface area (Å²) in [5.41, 5.74) is 1.09. The van der Waals surface area contributed by atoms with Crippen LogP contribution in [0.3, 0.4) is 0 Å². The van der Waals surface area contributed by atoms with E-state index in [2.05, 4.69) is 34.7 Å². The molecule has 0 amide bonds. The van der Waals surface area contributed by atoms with Crippen LogP contribution >= 0.6 is 22.6 Å². The maximum Gasteiger partial charge on any atom is 0.192 e. The van der Waals surface area contributed by atoms with Crippen molar-refractivity contribution in [2.75, 3.05) is 13.2 Å². The molecular weight excluding hydrogens is 279 g/mol. The van der Waals surface area contributed by atoms with Crippen LogP contribution in [-0.4, -0.2) is 13.2 Å². The van der Waals surface area contributed by atoms with Gasteiger partial charge < -0.3 is 9.47 Å². The van der Waals surface area contributed by atoms with Gasteiger partial charge in [0.2, 0.25) is 0 Å². The van der Waals surface area contributed by atoms with Gasteiger partial charge >= 0.3 is 0 Å². The summed E-state index contributed by atoms with van der Waals surface area (Å²) in [7, 11) is 0. The van der Waals surface area contributed by atoms with Crippen LogP contribution in [0.15, 0.2) is 24.3 Å². The van der Waals surface area contributed by atoms with Gasteiger partial charge in [-0.3, -0.25) is 0 Å². The highest BCUT2D eigenvalue weighted by Crippen LogP contribution is 2.31. The van der Waals surface area contributed by atoms with Gasteiger partial charge in [0.25, 0.3) is 0 Å². The zero-order valence-corrected chi connectivity index (χ0v) is 9.58. The van der Waals surface area contributed by atoms with Crippen molar-refractivity contribution < 1.29 is 9.47 Å². The van der Waals surface area contributed by atoms with E-state index in [1.165, 1.54) is 3.57 Å². The Bertz CT molecular complexity index is 306. The van der Waals surface area contributed by atoms with E-state index in [1.54, 1.807) is 0 Å². The third kappa shape index (κ3) is 1.87. The minimum atomic E-state index is -0.527. The van der Waals surface area contributed by atoms with Crippen LogP contribution in [0.2, 0.25) is 0 Å². The van der Waals surface area contributed by atoms with Gasteiger partial charge in [-0.05, 0) is 41.6 Å². The predicted molar refractivity (Wildman–Crippen MR) is 58.4 cm³/mol. The molecule has 2 nitrogen and oxygen atoms in total. The van der Waals surface area contributed by atoms with E-state index in [9.17, 15) is 0 Å². The fourth-order valence-electron chi connectivity index (χ4n) is 1.45. The topological polar surface area (TPSA) is 18.5 Å². The van der Waals surface area contributed by atoms with E-state index in [0.29, 0.717) is 13.2 Å². The van der Waals surface area contributed by atoms with Crippen molar-refractivity contribution in [1.29, 1.82) is 0 Å². The average molecular weight is 290 g/mol. The van der Waals surface area contributed by atoms with E-state index >= 15 is 0 Å². The molecular formula is C10H11IO2. The van der Waals surface area contributed by atoms with Crippen molar-refractivity contribution in [2.24, 2.45) is 0 Å². The molecule has 1 aromatic carbocycles. The van der Waals surface area contributed by atoms with Gasteiger partial charge in [0.1, 0.15) is 0 Å². The zero-order chi connectivity index (χ0) is 9.31. The Morgan fingerprint density at radius 2 is 2.00 bits per heavy atom. The molecule has 1 saturated heterocycles. The fraction of sp³-hybridized carbons (Fsp3) is 0.400. The Hall–Kier alpha value is -0.130. The van der Waals surface area contributed by atoms with Crippen LogP contribution in [0, 0.1) is 3.57 Å². The molecule has 3 heteroatoms. The van der Waals surface area contributed by atoms with Crippen LogP contribution in [0.5, 0.6) is 0 Å². The molecule has 2 rings (SSSR count). The van der Waals surface area contributed by atoms with Crippen molar-refractivity contribution in [3.8, 4) is 0 Å². The largest absolute Gasteiger partial charge is 0.344 e. The summed E-state index contributed by atoms with van der Waals surface area (Å²) in [5.74, 6) is -0.527. The average Bonchev–Trinajstić information content (AvgIpc) is 2.54. The summed E-state index contributed by atoms with van der Waals surface area (Å²) < 4.78 is 12.3. The molecule has 1 aromatic rings. The van der Waals surface area contributed by atoms with Crippen LogP contribution in [0.4, 0.5) is 0 Å². The second-order valence-corrected chi connectivity index (χ2v) is 4.40. The first-order chi connectivity index (χ1) is 6.21. The summed E-state index contributed by atoms with van der Waals surface area (Å²) in [5, 5.41) is 0. The third-order valence-corrected chi connectivity index (χ3v) is 2.86. The lowest BCUT2D eigenvalue weighted by Crippen LogP contribution is -2.22. The summed E-state index contributed by atoms with van der Waals surface area (Å²) in [6, 6.07) is 8.20. The Balaban J connectivity index is 2.33. The zero-order valence-electron chi connectivity index (χ0n) is 7.42. The Morgan fingerprint density at radius 3 is 2.62 bits per heavy atom. The molecule has 1 aliphatic heterocycles. The molecule has 0 saturated carbocycles. The number of rotatable bonds is 1. The van der Waals surface area contributed by atoms with Crippen molar-refractivity contribution in [3.05, 3.63) is 33.4 Å². The first-order valence-corrected chi connectivity index (χ1v) is 5.32. The lowest BCUT2D eigenvalue weighted by Gasteiger charge is -2.22. The van der Waals surface area contributed by atoms with Gasteiger partial charge in [0.05, 0.1) is 13.2 Å². The van der Waals surface area contributed by atoms with Crippen molar-refractivity contribution >= 4 is 22.6 Å². The van der Waals surface area contributed by atoms with Crippen LogP contribution in [0.25, 0.3) is 0 Å². The molecule has 0 bridgehead atoms. The fourth-order valence-corrected chi connectivity index (χ4v) is 2.00. The van der Waals surface area contributed by atoms with Gasteiger partial charge in [-0.15, -0.1) is 0 Å². The molecule has 0 unspecified atom stereocenters. The normalized spacial score (nSPS) is 20.5. The maximum atomic E-state index is 5.56. The molecule has 0 aromatic heterocycles. The van der Waals surface area contributed by atoms with Crippen LogP contribution in [-0.2, 0) is 15.3 Å². The molecule has 1 fully saturated rings. The van der Waals surface area contributed by atoms with Crippen molar-refractivity contribution in [3.63, 3.8) is 0 Å². The van der Waals surface area contributed by atoms with E-state index < -0.39 is 5.79 Å². The molecule has 0 aliphatic carbocycles. The summed E-state index contributed by atoms with van der Waals surface area (Å²) in [4.78, 5) is 0. The molecule has 0 N–H and O–H groups in total.